The molecule has 80 valence electrons. The summed E-state index contributed by atoms with van der Waals surface area (Å²) in [6.45, 7) is 3.59. The SMILES string of the molecule is Cc1cc(-n2nc(C)c(C#N)c2N)ncn1. The molecule has 0 saturated heterocycles. The minimum Gasteiger partial charge on any atom is -0.382 e. The predicted molar refractivity (Wildman–Crippen MR) is 57.8 cm³/mol. The van der Waals surface area contributed by atoms with Crippen LogP contribution in [0, 0.1) is 25.2 Å². The lowest BCUT2D eigenvalue weighted by atomic mass is 10.3. The zero-order valence-corrected chi connectivity index (χ0v) is 8.97. The standard InChI is InChI=1S/C10H10N6/c1-6-3-9(14-5-13-6)16-10(12)8(4-11)7(2)15-16/h3,5H,12H2,1-2H3. The number of nitrogen functional groups attached to an aromatic ring is 1. The van der Waals surface area contributed by atoms with Crippen LogP contribution in [0.15, 0.2) is 12.4 Å². The summed E-state index contributed by atoms with van der Waals surface area (Å²) in [4.78, 5) is 8.05. The van der Waals surface area contributed by atoms with Gasteiger partial charge >= 0.3 is 0 Å². The number of nitrogens with zero attached hydrogens (tertiary/aromatic N) is 5. The molecular formula is C10H10N6. The van der Waals surface area contributed by atoms with Gasteiger partial charge in [0.15, 0.2) is 5.82 Å². The lowest BCUT2D eigenvalue weighted by molar-refractivity contribution is 0.830. The lowest BCUT2D eigenvalue weighted by Gasteiger charge is -2.02. The molecule has 0 unspecified atom stereocenters. The molecule has 2 N–H and O–H groups in total. The van der Waals surface area contributed by atoms with Crippen LogP contribution < -0.4 is 5.73 Å². The maximum atomic E-state index is 8.90. The zero-order valence-electron chi connectivity index (χ0n) is 8.97. The van der Waals surface area contributed by atoms with Crippen molar-refractivity contribution in [2.75, 3.05) is 5.73 Å². The van der Waals surface area contributed by atoms with Crippen molar-refractivity contribution in [1.29, 1.82) is 5.26 Å². The average Bonchev–Trinajstić information content (AvgIpc) is 2.54. The topological polar surface area (TPSA) is 93.4 Å². The number of aryl methyl sites for hydroxylation is 2. The van der Waals surface area contributed by atoms with Gasteiger partial charge < -0.3 is 5.73 Å². The van der Waals surface area contributed by atoms with Crippen molar-refractivity contribution in [1.82, 2.24) is 19.7 Å². The molecule has 0 fully saturated rings. The van der Waals surface area contributed by atoms with Gasteiger partial charge in [0.1, 0.15) is 23.8 Å². The minimum atomic E-state index is 0.304. The van der Waals surface area contributed by atoms with Crippen LogP contribution in [-0.2, 0) is 0 Å². The van der Waals surface area contributed by atoms with Gasteiger partial charge in [-0.1, -0.05) is 0 Å². The first-order valence-corrected chi connectivity index (χ1v) is 4.67. The summed E-state index contributed by atoms with van der Waals surface area (Å²) in [5.74, 6) is 0.868. The molecule has 2 aromatic heterocycles. The van der Waals surface area contributed by atoms with Gasteiger partial charge in [-0.25, -0.2) is 9.97 Å². The zero-order chi connectivity index (χ0) is 11.7. The van der Waals surface area contributed by atoms with E-state index < -0.39 is 0 Å². The number of rotatable bonds is 1. The molecule has 0 aliphatic heterocycles. The second kappa shape index (κ2) is 3.62. The Kier molecular flexibility index (Phi) is 2.29. The monoisotopic (exact) mass is 214 g/mol. The fourth-order valence-corrected chi connectivity index (χ4v) is 1.41. The first kappa shape index (κ1) is 10.1. The van der Waals surface area contributed by atoms with Crippen molar-refractivity contribution in [3.05, 3.63) is 29.3 Å². The summed E-state index contributed by atoms with van der Waals surface area (Å²) >= 11 is 0. The Hall–Kier alpha value is -2.42. The van der Waals surface area contributed by atoms with E-state index in [2.05, 4.69) is 15.1 Å². The first-order chi connectivity index (χ1) is 7.63. The molecular weight excluding hydrogens is 204 g/mol. The van der Waals surface area contributed by atoms with Crippen LogP contribution in [-0.4, -0.2) is 19.7 Å². The quantitative estimate of drug-likeness (QED) is 0.755. The summed E-state index contributed by atoms with van der Waals surface area (Å²) in [7, 11) is 0. The highest BCUT2D eigenvalue weighted by Gasteiger charge is 2.13. The number of nitrogens with two attached hydrogens (primary N) is 1. The molecule has 2 heterocycles. The molecule has 16 heavy (non-hydrogen) atoms. The van der Waals surface area contributed by atoms with Gasteiger partial charge in [0, 0.05) is 11.8 Å². The molecule has 0 bridgehead atoms. The van der Waals surface area contributed by atoms with Crippen LogP contribution in [0.25, 0.3) is 5.82 Å². The van der Waals surface area contributed by atoms with Gasteiger partial charge in [0.25, 0.3) is 0 Å². The van der Waals surface area contributed by atoms with E-state index in [0.29, 0.717) is 22.9 Å². The summed E-state index contributed by atoms with van der Waals surface area (Å²) in [6, 6.07) is 3.77. The Balaban J connectivity index is 2.62. The van der Waals surface area contributed by atoms with Crippen molar-refractivity contribution in [2.45, 2.75) is 13.8 Å². The minimum absolute atomic E-state index is 0.304. The molecule has 0 atom stereocenters. The molecule has 0 saturated carbocycles. The Morgan fingerprint density at radius 1 is 1.38 bits per heavy atom. The number of anilines is 1. The second-order valence-corrected chi connectivity index (χ2v) is 3.39. The molecule has 0 radical (unpaired) electrons. The van der Waals surface area contributed by atoms with Crippen LogP contribution in [0.5, 0.6) is 0 Å². The van der Waals surface area contributed by atoms with Crippen molar-refractivity contribution in [3.8, 4) is 11.9 Å². The van der Waals surface area contributed by atoms with E-state index in [1.54, 1.807) is 13.0 Å². The van der Waals surface area contributed by atoms with Crippen molar-refractivity contribution < 1.29 is 0 Å². The van der Waals surface area contributed by atoms with E-state index in [1.165, 1.54) is 11.0 Å². The third kappa shape index (κ3) is 1.48. The van der Waals surface area contributed by atoms with E-state index in [4.69, 9.17) is 11.0 Å². The largest absolute Gasteiger partial charge is 0.382 e. The van der Waals surface area contributed by atoms with Crippen molar-refractivity contribution in [2.24, 2.45) is 0 Å². The molecule has 0 aromatic carbocycles. The van der Waals surface area contributed by atoms with Crippen LogP contribution >= 0.6 is 0 Å². The van der Waals surface area contributed by atoms with Crippen molar-refractivity contribution >= 4 is 5.82 Å². The van der Waals surface area contributed by atoms with Gasteiger partial charge in [-0.2, -0.15) is 15.0 Å². The highest BCUT2D eigenvalue weighted by atomic mass is 15.3. The molecule has 2 aromatic rings. The Morgan fingerprint density at radius 3 is 2.69 bits per heavy atom. The number of hydrogen-bond acceptors (Lipinski definition) is 5. The van der Waals surface area contributed by atoms with Gasteiger partial charge in [-0.05, 0) is 13.8 Å². The van der Waals surface area contributed by atoms with E-state index in [0.717, 1.165) is 5.69 Å². The molecule has 0 spiro atoms. The van der Waals surface area contributed by atoms with E-state index in [-0.39, 0.29) is 0 Å². The molecule has 6 nitrogen and oxygen atoms in total. The Bertz CT molecular complexity index is 577. The van der Waals surface area contributed by atoms with Crippen LogP contribution in [0.3, 0.4) is 0 Å². The molecule has 6 heteroatoms. The van der Waals surface area contributed by atoms with Crippen molar-refractivity contribution in [3.63, 3.8) is 0 Å². The smallest absolute Gasteiger partial charge is 0.159 e. The Labute approximate surface area is 92.4 Å². The maximum absolute atomic E-state index is 8.90. The van der Waals surface area contributed by atoms with E-state index in [9.17, 15) is 0 Å². The summed E-state index contributed by atoms with van der Waals surface area (Å²) in [6.07, 6.45) is 1.44. The number of aromatic nitrogens is 4. The fraction of sp³-hybridized carbons (Fsp3) is 0.200. The van der Waals surface area contributed by atoms with Crippen LogP contribution in [0.2, 0.25) is 0 Å². The molecule has 0 amide bonds. The summed E-state index contributed by atoms with van der Waals surface area (Å²) < 4.78 is 1.45. The lowest BCUT2D eigenvalue weighted by Crippen LogP contribution is -2.05. The van der Waals surface area contributed by atoms with E-state index >= 15 is 0 Å². The molecule has 2 rings (SSSR count). The fourth-order valence-electron chi connectivity index (χ4n) is 1.41. The normalized spacial score (nSPS) is 10.1. The summed E-state index contributed by atoms with van der Waals surface area (Å²) in [5.41, 5.74) is 7.61. The van der Waals surface area contributed by atoms with Gasteiger partial charge in [0.2, 0.25) is 0 Å². The summed E-state index contributed by atoms with van der Waals surface area (Å²) in [5, 5.41) is 13.1. The number of nitriles is 1. The average molecular weight is 214 g/mol. The molecule has 0 aliphatic rings. The third-order valence-corrected chi connectivity index (χ3v) is 2.21. The van der Waals surface area contributed by atoms with Gasteiger partial charge in [-0.15, -0.1) is 0 Å². The van der Waals surface area contributed by atoms with Gasteiger partial charge in [-0.3, -0.25) is 0 Å². The van der Waals surface area contributed by atoms with E-state index in [1.807, 2.05) is 13.0 Å². The van der Waals surface area contributed by atoms with Crippen LogP contribution in [0.4, 0.5) is 5.82 Å². The Morgan fingerprint density at radius 2 is 2.12 bits per heavy atom. The predicted octanol–water partition coefficient (Wildman–Crippen LogP) is 0.733. The highest BCUT2D eigenvalue weighted by Crippen LogP contribution is 2.18. The third-order valence-electron chi connectivity index (χ3n) is 2.21. The number of hydrogen-bond donors (Lipinski definition) is 1. The maximum Gasteiger partial charge on any atom is 0.159 e. The second-order valence-electron chi connectivity index (χ2n) is 3.39. The van der Waals surface area contributed by atoms with Crippen LogP contribution in [0.1, 0.15) is 17.0 Å². The van der Waals surface area contributed by atoms with Gasteiger partial charge in [0.05, 0.1) is 5.69 Å². The molecule has 0 aliphatic carbocycles. The first-order valence-electron chi connectivity index (χ1n) is 4.67. The highest BCUT2D eigenvalue weighted by molar-refractivity contribution is 5.54.